The van der Waals surface area contributed by atoms with Crippen molar-refractivity contribution in [1.82, 2.24) is 81.1 Å². The highest BCUT2D eigenvalue weighted by Gasteiger charge is 2.33. The number of likely N-dealkylation sites (tertiary alicyclic amines) is 4. The Kier molecular flexibility index (Phi) is 46.3. The Morgan fingerprint density at radius 1 is 0.405 bits per heavy atom. The van der Waals surface area contributed by atoms with Gasteiger partial charge in [0.05, 0.1) is 64.6 Å². The number of nitrogens with one attached hydrogen (secondary N) is 5. The summed E-state index contributed by atoms with van der Waals surface area (Å²) in [5.74, 6) is -5.02. The summed E-state index contributed by atoms with van der Waals surface area (Å²) in [6, 6.07) is 9.96. The first kappa shape index (κ1) is 102. The summed E-state index contributed by atoms with van der Waals surface area (Å²) in [6.45, 7) is 22.6. The molecule has 2 aromatic carbocycles. The molecule has 0 spiro atoms. The van der Waals surface area contributed by atoms with Crippen molar-refractivity contribution in [2.45, 2.75) is 225 Å². The number of amides is 8. The van der Waals surface area contributed by atoms with E-state index in [1.165, 1.54) is 47.9 Å². The largest absolute Gasteiger partial charge is 0.481 e. The van der Waals surface area contributed by atoms with E-state index in [-0.39, 0.29) is 92.8 Å². The number of hydrogen-bond donors (Lipinski definition) is 7. The Hall–Kier alpha value is -11.2. The zero-order valence-corrected chi connectivity index (χ0v) is 72.3. The lowest BCUT2D eigenvalue weighted by Crippen LogP contribution is -2.51. The molecule has 0 saturated carbocycles. The molecular weight excluding hydrogens is 1570 g/mol. The van der Waals surface area contributed by atoms with Crippen LogP contribution in [0.4, 0.5) is 9.59 Å². The molecule has 2 aromatic heterocycles. The smallest absolute Gasteiger partial charge is 0.408 e. The number of benzene rings is 2. The molecule has 7 heterocycles. The summed E-state index contributed by atoms with van der Waals surface area (Å²) < 4.78 is 31.5. The van der Waals surface area contributed by atoms with Crippen molar-refractivity contribution in [3.05, 3.63) is 84.4 Å². The van der Waals surface area contributed by atoms with Crippen LogP contribution in [-0.4, -0.2) is 298 Å². The van der Waals surface area contributed by atoms with Crippen molar-refractivity contribution in [1.29, 1.82) is 0 Å². The van der Waals surface area contributed by atoms with Gasteiger partial charge in [0.1, 0.15) is 35.4 Å². The number of hydrogen-bond acceptors (Lipinski definition) is 26. The first-order chi connectivity index (χ1) is 57.5. The standard InChI is InChI=1S/C20H25N5O4.C19H23N5O4.C16H28N2O5.C12H21NO3.C11H19NO6.C5H12N2/c1-29-18(26)10-9-17(20(28)24-12-3-2-4-13-24)22-19(27)15-5-7-16(8-6-15)25-14-11-21-23-25;25-17(26)9-8-16(19(28)23-11-2-1-3-12-23)21-18(27)14-4-6-15(7-5-14)24-13-10-20-22-24;1-16(2,3)23-15(21)17-12(8-9-13(19)22-4)14(20)18-10-6-5-7-11-18;1-10(6-7-11(14)16-2)12(15)13-8-4-3-5-9-13;1-11(2,3)18-10(16)12-7(9(14)15)5-6-8(13)17-4;1-7-4-2-6-3-5-7/h5-8,11,14,17H,2-4,9-10,12-13H2,1H3,(H,22,27);4-7,10,13,16H,1-3,8-9,11-12H2,(H,21,27)(H,25,26);12H,5-11H2,1-4H3,(H,17,21);10H,3-9H2,1-2H3;7H,5-6H2,1-4H3,(H,12,16)(H,14,15);6H,2-5H2,1H3/t17-;16-;12-;10-;7-;/m00000./s1. The minimum Gasteiger partial charge on any atom is -0.481 e. The molecule has 5 fully saturated rings. The van der Waals surface area contributed by atoms with Crippen LogP contribution in [0.25, 0.3) is 11.4 Å². The average Bonchev–Trinajstić information content (AvgIpc) is 1.78. The van der Waals surface area contributed by atoms with E-state index in [4.69, 9.17) is 19.7 Å². The van der Waals surface area contributed by atoms with Crippen LogP contribution in [-0.2, 0) is 76.4 Å². The van der Waals surface area contributed by atoms with Crippen LogP contribution < -0.4 is 26.6 Å². The molecule has 38 nitrogen and oxygen atoms in total. The number of carboxylic acid groups (broad SMARTS) is 2. The molecule has 121 heavy (non-hydrogen) atoms. The number of methoxy groups -OCH3 is 4. The second-order valence-electron chi connectivity index (χ2n) is 31.5. The average molecular weight is 1700 g/mol. The maximum atomic E-state index is 12.9. The number of nitrogens with zero attached hydrogens (tertiary/aromatic N) is 11. The lowest BCUT2D eigenvalue weighted by atomic mass is 10.0. The van der Waals surface area contributed by atoms with Gasteiger partial charge in [0.25, 0.3) is 11.8 Å². The van der Waals surface area contributed by atoms with Gasteiger partial charge in [-0.2, -0.15) is 0 Å². The Morgan fingerprint density at radius 2 is 0.702 bits per heavy atom. The first-order valence-corrected chi connectivity index (χ1v) is 41.4. The molecule has 0 bridgehead atoms. The topological polar surface area (TPSA) is 473 Å². The Labute approximate surface area is 708 Å². The third-order valence-electron chi connectivity index (χ3n) is 19.5. The molecule has 38 heteroatoms. The van der Waals surface area contributed by atoms with E-state index in [1.54, 1.807) is 139 Å². The van der Waals surface area contributed by atoms with Crippen molar-refractivity contribution in [2.75, 3.05) is 114 Å². The molecule has 4 aromatic rings. The van der Waals surface area contributed by atoms with Gasteiger partial charge in [-0.15, -0.1) is 10.2 Å². The number of carbonyl (C=O) groups is 14. The first-order valence-electron chi connectivity index (χ1n) is 41.4. The molecule has 5 atom stereocenters. The van der Waals surface area contributed by atoms with E-state index in [1.807, 2.05) is 11.8 Å². The van der Waals surface area contributed by atoms with Crippen molar-refractivity contribution in [3.63, 3.8) is 0 Å². The second-order valence-corrected chi connectivity index (χ2v) is 31.5. The zero-order valence-electron chi connectivity index (χ0n) is 72.3. The van der Waals surface area contributed by atoms with Crippen LogP contribution in [0.2, 0.25) is 0 Å². The predicted molar refractivity (Wildman–Crippen MR) is 442 cm³/mol. The highest BCUT2D eigenvalue weighted by Crippen LogP contribution is 2.21. The summed E-state index contributed by atoms with van der Waals surface area (Å²) in [5, 5.41) is 46.7. The number of likely N-dealkylation sites (N-methyl/N-ethyl adjacent to an activating group) is 1. The molecule has 672 valence electrons. The fraction of sp³-hybridized carbons (Fsp3) is 0.639. The van der Waals surface area contributed by atoms with Crippen molar-refractivity contribution in [3.8, 4) is 11.4 Å². The number of carbonyl (C=O) groups excluding carboxylic acids is 12. The predicted octanol–water partition coefficient (Wildman–Crippen LogP) is 6.45. The number of aromatic nitrogens is 6. The van der Waals surface area contributed by atoms with E-state index in [0.29, 0.717) is 63.2 Å². The van der Waals surface area contributed by atoms with E-state index in [0.717, 1.165) is 108 Å². The summed E-state index contributed by atoms with van der Waals surface area (Å²) in [6.07, 6.45) is 18.6. The summed E-state index contributed by atoms with van der Waals surface area (Å²) in [5.41, 5.74) is 0.964. The van der Waals surface area contributed by atoms with Crippen LogP contribution in [0.5, 0.6) is 0 Å². The molecule has 0 unspecified atom stereocenters. The lowest BCUT2D eigenvalue weighted by molar-refractivity contribution is -0.143. The third-order valence-corrected chi connectivity index (χ3v) is 19.5. The van der Waals surface area contributed by atoms with Gasteiger partial charge in [0, 0.05) is 128 Å². The Morgan fingerprint density at radius 3 is 0.983 bits per heavy atom. The Bertz CT molecular complexity index is 3840. The number of piperazine rings is 1. The fourth-order valence-corrected chi connectivity index (χ4v) is 12.8. The normalized spacial score (nSPS) is 15.9. The molecule has 8 amide bonds. The van der Waals surface area contributed by atoms with Gasteiger partial charge < -0.3 is 89.7 Å². The van der Waals surface area contributed by atoms with Gasteiger partial charge in [-0.25, -0.2) is 23.7 Å². The van der Waals surface area contributed by atoms with Gasteiger partial charge in [0.2, 0.25) is 23.6 Å². The number of esters is 4. The molecule has 9 rings (SSSR count). The third kappa shape index (κ3) is 41.1. The minimum atomic E-state index is -1.23. The molecule has 5 aliphatic rings. The molecule has 0 radical (unpaired) electrons. The fourth-order valence-electron chi connectivity index (χ4n) is 12.8. The number of aliphatic carboxylic acids is 2. The van der Waals surface area contributed by atoms with E-state index in [9.17, 15) is 67.1 Å². The molecule has 5 saturated heterocycles. The summed E-state index contributed by atoms with van der Waals surface area (Å²) >= 11 is 0. The number of ether oxygens (including phenoxy) is 6. The maximum absolute atomic E-state index is 12.9. The number of rotatable bonds is 28. The summed E-state index contributed by atoms with van der Waals surface area (Å²) in [7, 11) is 7.34. The molecule has 0 aliphatic carbocycles. The number of carboxylic acids is 2. The van der Waals surface area contributed by atoms with Crippen molar-refractivity contribution >= 4 is 83.4 Å². The maximum Gasteiger partial charge on any atom is 0.408 e. The Balaban J connectivity index is 0.000000316. The van der Waals surface area contributed by atoms with Crippen LogP contribution in [0.3, 0.4) is 0 Å². The second kappa shape index (κ2) is 54.9. The van der Waals surface area contributed by atoms with Crippen LogP contribution in [0, 0.1) is 5.92 Å². The lowest BCUT2D eigenvalue weighted by Gasteiger charge is -2.31. The van der Waals surface area contributed by atoms with Gasteiger partial charge in [-0.1, -0.05) is 17.4 Å². The van der Waals surface area contributed by atoms with Crippen LogP contribution in [0.1, 0.15) is 210 Å². The van der Waals surface area contributed by atoms with Gasteiger partial charge in [-0.3, -0.25) is 52.7 Å². The van der Waals surface area contributed by atoms with Gasteiger partial charge >= 0.3 is 48.0 Å². The molecular formula is C83H128N16O22. The highest BCUT2D eigenvalue weighted by molar-refractivity contribution is 5.99. The molecule has 5 aliphatic heterocycles. The van der Waals surface area contributed by atoms with Crippen LogP contribution >= 0.6 is 0 Å². The van der Waals surface area contributed by atoms with Crippen LogP contribution in [0.15, 0.2) is 73.3 Å². The zero-order chi connectivity index (χ0) is 89.5. The highest BCUT2D eigenvalue weighted by atomic mass is 16.6. The minimum absolute atomic E-state index is 0.0543. The number of alkyl carbamates (subject to hydrolysis) is 2. The van der Waals surface area contributed by atoms with E-state index >= 15 is 0 Å². The SMILES string of the molecule is CN1CCNCC1.COC(=O)CC[C@H](C)C(=O)N1CCCCC1.COC(=O)CC[C@H](NC(=O)OC(C)(C)C)C(=O)N1CCCCC1.COC(=O)CC[C@H](NC(=O)OC(C)(C)C)C(=O)O.COC(=O)CC[C@H](NC(=O)c1ccc(-n2ccnn2)cc1)C(=O)N1CCCCC1.O=C(O)CC[C@H](NC(=O)c1ccc(-n2ccnn2)cc1)C(=O)N1CCCCC1. The van der Waals surface area contributed by atoms with Crippen molar-refractivity contribution in [2.24, 2.45) is 5.92 Å². The molecule has 7 N–H and O–H groups in total. The monoisotopic (exact) mass is 1700 g/mol. The van der Waals surface area contributed by atoms with Gasteiger partial charge in [-0.05, 0) is 206 Å². The number of piperidine rings is 4. The van der Waals surface area contributed by atoms with Crippen molar-refractivity contribution < 1.29 is 106 Å². The van der Waals surface area contributed by atoms with E-state index < -0.39 is 83.3 Å². The van der Waals surface area contributed by atoms with E-state index in [2.05, 4.69) is 78.1 Å². The summed E-state index contributed by atoms with van der Waals surface area (Å²) in [4.78, 5) is 175. The quantitative estimate of drug-likeness (QED) is 0.0237. The van der Waals surface area contributed by atoms with Gasteiger partial charge in [0.15, 0.2) is 0 Å².